The smallest absolute Gasteiger partial charge is 0.244 e. The fraction of sp³-hybridized carbons (Fsp3) is 0.800. The first-order valence-electron chi connectivity index (χ1n) is 5.73. The zero-order valence-electron chi connectivity index (χ0n) is 9.03. The molecule has 5 heteroatoms. The third kappa shape index (κ3) is 1.84. The van der Waals surface area contributed by atoms with Crippen LogP contribution in [0.4, 0.5) is 5.95 Å². The van der Waals surface area contributed by atoms with Gasteiger partial charge in [-0.2, -0.15) is 4.98 Å². The highest BCUT2D eigenvalue weighted by Crippen LogP contribution is 2.38. The Balaban J connectivity index is 1.73. The number of nitrogens with one attached hydrogen (secondary N) is 2. The predicted molar refractivity (Wildman–Crippen MR) is 58.0 cm³/mol. The molecule has 1 aliphatic carbocycles. The van der Waals surface area contributed by atoms with Gasteiger partial charge >= 0.3 is 0 Å². The highest BCUT2D eigenvalue weighted by molar-refractivity contribution is 5.31. The Bertz CT molecular complexity index is 343. The Labute approximate surface area is 89.3 Å². The average molecular weight is 207 g/mol. The van der Waals surface area contributed by atoms with Crippen molar-refractivity contribution in [2.45, 2.75) is 31.7 Å². The van der Waals surface area contributed by atoms with E-state index < -0.39 is 0 Å². The number of rotatable bonds is 2. The molecule has 1 saturated heterocycles. The number of hydrogen-bond acceptors (Lipinski definition) is 4. The van der Waals surface area contributed by atoms with E-state index in [0.717, 1.165) is 31.4 Å². The first-order valence-corrected chi connectivity index (χ1v) is 5.73. The molecule has 0 spiro atoms. The molecule has 2 aliphatic rings. The normalized spacial score (nSPS) is 27.0. The van der Waals surface area contributed by atoms with E-state index in [0.29, 0.717) is 12.0 Å². The molecule has 0 radical (unpaired) electrons. The molecular weight excluding hydrogens is 190 g/mol. The van der Waals surface area contributed by atoms with Crippen LogP contribution >= 0.6 is 0 Å². The Morgan fingerprint density at radius 2 is 2.27 bits per heavy atom. The van der Waals surface area contributed by atoms with Crippen molar-refractivity contribution < 1.29 is 0 Å². The van der Waals surface area contributed by atoms with Crippen molar-refractivity contribution in [1.29, 1.82) is 0 Å². The van der Waals surface area contributed by atoms with Gasteiger partial charge in [0.05, 0.1) is 0 Å². The van der Waals surface area contributed by atoms with Crippen molar-refractivity contribution in [2.75, 3.05) is 24.5 Å². The molecule has 1 aromatic rings. The molecular formula is C10H17N5. The van der Waals surface area contributed by atoms with Crippen molar-refractivity contribution >= 4 is 5.95 Å². The fourth-order valence-electron chi connectivity index (χ4n) is 2.06. The second-order valence-electron chi connectivity index (χ2n) is 4.60. The molecule has 1 atom stereocenters. The lowest BCUT2D eigenvalue weighted by atomic mass is 10.2. The number of anilines is 1. The molecule has 15 heavy (non-hydrogen) atoms. The van der Waals surface area contributed by atoms with Crippen LogP contribution in [-0.2, 0) is 0 Å². The lowest BCUT2D eigenvalue weighted by Gasteiger charge is -2.30. The van der Waals surface area contributed by atoms with E-state index in [1.165, 1.54) is 12.8 Å². The van der Waals surface area contributed by atoms with E-state index in [1.807, 2.05) is 0 Å². The van der Waals surface area contributed by atoms with Crippen LogP contribution in [0.5, 0.6) is 0 Å². The van der Waals surface area contributed by atoms with E-state index in [-0.39, 0.29) is 0 Å². The zero-order valence-corrected chi connectivity index (χ0v) is 9.03. The summed E-state index contributed by atoms with van der Waals surface area (Å²) in [5, 5.41) is 10.8. The van der Waals surface area contributed by atoms with Gasteiger partial charge in [0, 0.05) is 31.6 Å². The summed E-state index contributed by atoms with van der Waals surface area (Å²) in [6.07, 6.45) is 2.54. The van der Waals surface area contributed by atoms with E-state index in [4.69, 9.17) is 0 Å². The SMILES string of the molecule is C[C@@H]1CN(c2n[nH]c(C3CC3)n2)CCN1. The largest absolute Gasteiger partial charge is 0.337 e. The summed E-state index contributed by atoms with van der Waals surface area (Å²) in [5.74, 6) is 2.62. The standard InChI is InChI=1S/C10H17N5/c1-7-6-15(5-4-11-7)10-12-9(13-14-10)8-2-3-8/h7-8,11H,2-6H2,1H3,(H,12,13,14)/t7-/m1/s1. The fourth-order valence-corrected chi connectivity index (χ4v) is 2.06. The van der Waals surface area contributed by atoms with E-state index in [1.54, 1.807) is 0 Å². The summed E-state index contributed by atoms with van der Waals surface area (Å²) in [7, 11) is 0. The van der Waals surface area contributed by atoms with Crippen molar-refractivity contribution in [3.05, 3.63) is 5.82 Å². The molecule has 5 nitrogen and oxygen atoms in total. The minimum Gasteiger partial charge on any atom is -0.337 e. The molecule has 0 unspecified atom stereocenters. The lowest BCUT2D eigenvalue weighted by molar-refractivity contribution is 0.480. The van der Waals surface area contributed by atoms with Crippen LogP contribution in [0.1, 0.15) is 31.5 Å². The van der Waals surface area contributed by atoms with Crippen molar-refractivity contribution in [3.63, 3.8) is 0 Å². The maximum atomic E-state index is 4.56. The van der Waals surface area contributed by atoms with Crippen LogP contribution in [0.15, 0.2) is 0 Å². The number of aromatic amines is 1. The molecule has 0 amide bonds. The Morgan fingerprint density at radius 1 is 1.40 bits per heavy atom. The number of aromatic nitrogens is 3. The summed E-state index contributed by atoms with van der Waals surface area (Å²) >= 11 is 0. The van der Waals surface area contributed by atoms with Gasteiger partial charge in [-0.15, -0.1) is 5.10 Å². The van der Waals surface area contributed by atoms with Gasteiger partial charge in [-0.3, -0.25) is 5.10 Å². The lowest BCUT2D eigenvalue weighted by Crippen LogP contribution is -2.49. The number of H-pyrrole nitrogens is 1. The minimum absolute atomic E-state index is 0.529. The highest BCUT2D eigenvalue weighted by Gasteiger charge is 2.28. The molecule has 2 N–H and O–H groups in total. The maximum Gasteiger partial charge on any atom is 0.244 e. The summed E-state index contributed by atoms with van der Waals surface area (Å²) < 4.78 is 0. The summed E-state index contributed by atoms with van der Waals surface area (Å²) in [6.45, 7) is 5.23. The van der Waals surface area contributed by atoms with E-state index in [2.05, 4.69) is 32.3 Å². The van der Waals surface area contributed by atoms with E-state index in [9.17, 15) is 0 Å². The number of piperazine rings is 1. The van der Waals surface area contributed by atoms with Gasteiger partial charge in [-0.1, -0.05) is 0 Å². The van der Waals surface area contributed by atoms with Gasteiger partial charge in [-0.05, 0) is 19.8 Å². The van der Waals surface area contributed by atoms with Crippen LogP contribution in [0.3, 0.4) is 0 Å². The third-order valence-corrected chi connectivity index (χ3v) is 3.11. The molecule has 2 fully saturated rings. The van der Waals surface area contributed by atoms with Crippen molar-refractivity contribution in [3.8, 4) is 0 Å². The van der Waals surface area contributed by atoms with Crippen LogP contribution in [-0.4, -0.2) is 40.9 Å². The van der Waals surface area contributed by atoms with E-state index >= 15 is 0 Å². The first-order chi connectivity index (χ1) is 7.33. The second-order valence-corrected chi connectivity index (χ2v) is 4.60. The molecule has 82 valence electrons. The van der Waals surface area contributed by atoms with Crippen LogP contribution in [0.2, 0.25) is 0 Å². The molecule has 1 aromatic heterocycles. The highest BCUT2D eigenvalue weighted by atomic mass is 15.4. The van der Waals surface area contributed by atoms with Crippen LogP contribution in [0, 0.1) is 0 Å². The quantitative estimate of drug-likeness (QED) is 0.740. The maximum absolute atomic E-state index is 4.56. The first kappa shape index (κ1) is 9.15. The molecule has 1 aliphatic heterocycles. The molecule has 1 saturated carbocycles. The van der Waals surface area contributed by atoms with Gasteiger partial charge in [0.25, 0.3) is 0 Å². The monoisotopic (exact) mass is 207 g/mol. The van der Waals surface area contributed by atoms with Gasteiger partial charge in [0.1, 0.15) is 5.82 Å². The summed E-state index contributed by atoms with van der Waals surface area (Å²) in [5.41, 5.74) is 0. The minimum atomic E-state index is 0.529. The average Bonchev–Trinajstić information content (AvgIpc) is 2.97. The van der Waals surface area contributed by atoms with Gasteiger partial charge < -0.3 is 10.2 Å². The predicted octanol–water partition coefficient (Wildman–Crippen LogP) is 0.480. The van der Waals surface area contributed by atoms with Gasteiger partial charge in [0.15, 0.2) is 0 Å². The topological polar surface area (TPSA) is 56.8 Å². The zero-order chi connectivity index (χ0) is 10.3. The summed E-state index contributed by atoms with van der Waals surface area (Å²) in [4.78, 5) is 6.82. The Hall–Kier alpha value is -1.10. The molecule has 3 rings (SSSR count). The van der Waals surface area contributed by atoms with Gasteiger partial charge in [0.2, 0.25) is 5.95 Å². The number of nitrogens with zero attached hydrogens (tertiary/aromatic N) is 3. The van der Waals surface area contributed by atoms with Crippen molar-refractivity contribution in [1.82, 2.24) is 20.5 Å². The number of hydrogen-bond donors (Lipinski definition) is 2. The third-order valence-electron chi connectivity index (χ3n) is 3.11. The summed E-state index contributed by atoms with van der Waals surface area (Å²) in [6, 6.07) is 0.529. The van der Waals surface area contributed by atoms with Gasteiger partial charge in [-0.25, -0.2) is 0 Å². The Morgan fingerprint density at radius 3 is 3.00 bits per heavy atom. The second kappa shape index (κ2) is 3.48. The van der Waals surface area contributed by atoms with Crippen LogP contribution in [0.25, 0.3) is 0 Å². The molecule has 0 bridgehead atoms. The molecule has 0 aromatic carbocycles. The molecule has 2 heterocycles. The Kier molecular flexibility index (Phi) is 2.12. The van der Waals surface area contributed by atoms with Crippen molar-refractivity contribution in [2.24, 2.45) is 0 Å². The van der Waals surface area contributed by atoms with Crippen LogP contribution < -0.4 is 10.2 Å².